The number of carbonyl (C=O) groups is 2. The number of aromatic hydroxyl groups is 1. The number of aliphatic hydroxyl groups is 2. The molecule has 5 atom stereocenters. The van der Waals surface area contributed by atoms with E-state index in [2.05, 4.69) is 34.5 Å². The molecular formula is C46H47N3O10. The van der Waals surface area contributed by atoms with E-state index in [1.54, 1.807) is 24.3 Å². The number of ether oxygens (including phenoxy) is 5. The lowest BCUT2D eigenvalue weighted by atomic mass is 9.87. The summed E-state index contributed by atoms with van der Waals surface area (Å²) in [4.78, 5) is 33.0. The fourth-order valence-corrected chi connectivity index (χ4v) is 9.13. The molecule has 4 aromatic carbocycles. The maximum absolute atomic E-state index is 14.5. The van der Waals surface area contributed by atoms with Crippen molar-refractivity contribution < 1.29 is 48.6 Å². The highest BCUT2D eigenvalue weighted by atomic mass is 16.7. The van der Waals surface area contributed by atoms with Gasteiger partial charge in [-0.1, -0.05) is 37.0 Å². The van der Waals surface area contributed by atoms with E-state index in [1.807, 2.05) is 31.4 Å². The molecular weight excluding hydrogens is 755 g/mol. The first-order valence-corrected chi connectivity index (χ1v) is 20.2. The van der Waals surface area contributed by atoms with Gasteiger partial charge in [-0.15, -0.1) is 0 Å². The van der Waals surface area contributed by atoms with Crippen molar-refractivity contribution in [1.29, 1.82) is 0 Å². The Morgan fingerprint density at radius 2 is 1.88 bits per heavy atom. The van der Waals surface area contributed by atoms with E-state index in [-0.39, 0.29) is 67.0 Å². The monoisotopic (exact) mass is 801 g/mol. The van der Waals surface area contributed by atoms with Crippen molar-refractivity contribution in [2.45, 2.75) is 88.4 Å². The Balaban J connectivity index is 1.10. The smallest absolute Gasteiger partial charge is 0.254 e. The summed E-state index contributed by atoms with van der Waals surface area (Å²) in [6, 6.07) is 16.8. The van der Waals surface area contributed by atoms with Gasteiger partial charge in [-0.2, -0.15) is 0 Å². The Hall–Kier alpha value is -5.62. The van der Waals surface area contributed by atoms with Crippen molar-refractivity contribution in [3.63, 3.8) is 0 Å². The first-order chi connectivity index (χ1) is 28.7. The van der Waals surface area contributed by atoms with Crippen LogP contribution in [0.3, 0.4) is 0 Å². The van der Waals surface area contributed by atoms with Crippen LogP contribution in [0.25, 0.3) is 21.7 Å². The van der Waals surface area contributed by atoms with Crippen LogP contribution in [0.15, 0.2) is 60.8 Å². The van der Waals surface area contributed by atoms with Crippen molar-refractivity contribution in [2.75, 3.05) is 27.3 Å². The molecule has 9 rings (SSSR count). The molecule has 0 unspecified atom stereocenters. The molecule has 1 saturated carbocycles. The number of hydrogen-bond acceptors (Lipinski definition) is 11. The zero-order chi connectivity index (χ0) is 40.8. The summed E-state index contributed by atoms with van der Waals surface area (Å²) in [6.07, 6.45) is 1.69. The van der Waals surface area contributed by atoms with Crippen LogP contribution in [0.5, 0.6) is 17.2 Å². The van der Waals surface area contributed by atoms with Crippen molar-refractivity contribution >= 4 is 33.4 Å². The van der Waals surface area contributed by atoms with Crippen LogP contribution in [-0.4, -0.2) is 94.9 Å². The number of aromatic amines is 1. The van der Waals surface area contributed by atoms with Gasteiger partial charge in [0.2, 0.25) is 6.29 Å². The molecule has 0 radical (unpaired) electrons. The standard InChI is InChI=1S/C46H47N3O10/c1-47-19-25-12-13-35-32(15-25)29(20-48-35)23-56-24-38-41(51)44-43(53)46(59-38)58-37-18-30(55-2)16-28-17-33(26-7-3-4-8-26)40(42(52)39(28)37)36(50)22-49-21-34-27(10-6-14-57-44)9-5-11-31(34)45(49)54/h5,9,11-13,15-18,20,26,38,41,43-44,46-48,51-53H,3-4,7-8,10,19,21-24H2,1-2H3/t38-,41-,43-,44+,46+/m1/s1. The number of carbonyl (C=O) groups excluding carboxylic acids is 2. The zero-order valence-electron chi connectivity index (χ0n) is 33.0. The number of phenols is 1. The number of phenolic OH excluding ortho intramolecular Hbond substituents is 1. The van der Waals surface area contributed by atoms with Crippen LogP contribution in [0.2, 0.25) is 0 Å². The molecule has 306 valence electrons. The number of hydrogen-bond donors (Lipinski definition) is 5. The number of amides is 1. The van der Waals surface area contributed by atoms with E-state index >= 15 is 0 Å². The average molecular weight is 802 g/mol. The van der Waals surface area contributed by atoms with Gasteiger partial charge in [0.05, 0.1) is 37.8 Å². The van der Waals surface area contributed by atoms with Crippen molar-refractivity contribution in [3.05, 3.63) is 99.7 Å². The number of H-pyrrole nitrogens is 1. The third-order valence-corrected chi connectivity index (χ3v) is 12.1. The summed E-state index contributed by atoms with van der Waals surface area (Å²) in [5.74, 6) is 2.52. The van der Waals surface area contributed by atoms with E-state index in [9.17, 15) is 24.9 Å². The van der Waals surface area contributed by atoms with Crippen LogP contribution in [0.4, 0.5) is 0 Å². The molecule has 4 aliphatic rings. The van der Waals surface area contributed by atoms with Gasteiger partial charge in [0, 0.05) is 53.8 Å². The summed E-state index contributed by atoms with van der Waals surface area (Å²) in [7, 11) is 3.40. The maximum atomic E-state index is 14.5. The molecule has 1 amide bonds. The molecule has 5 aromatic rings. The van der Waals surface area contributed by atoms with Gasteiger partial charge in [0.25, 0.3) is 5.91 Å². The molecule has 59 heavy (non-hydrogen) atoms. The third-order valence-electron chi connectivity index (χ3n) is 12.1. The van der Waals surface area contributed by atoms with Gasteiger partial charge < -0.3 is 54.2 Å². The van der Waals surface area contributed by atoms with Crippen molar-refractivity contribution in [3.8, 4) is 29.3 Å². The molecule has 13 heteroatoms. The number of Topliss-reactive ketones (excluding diaryl/α,β-unsaturated/α-hetero) is 1. The number of nitrogens with zero attached hydrogens (tertiary/aromatic N) is 1. The minimum absolute atomic E-state index is 0.0256. The molecule has 6 bridgehead atoms. The SMILES string of the molecule is CNCc1ccc2[nH]cc(COC[C@H]3O[C@@H]4Oc5cc(OC)cc6cc(C7CCCC7)c(c(O)c56)C(=O)CN5Cc6c(cccc6C5=O)CC#CO[C@H]([C@H]4O)[C@@H]3O)c2c1. The minimum Gasteiger partial charge on any atom is -0.506 e. The number of rotatable bonds is 8. The molecule has 1 aliphatic carbocycles. The molecule has 1 saturated heterocycles. The van der Waals surface area contributed by atoms with Crippen molar-refractivity contribution in [2.24, 2.45) is 0 Å². The maximum Gasteiger partial charge on any atom is 0.254 e. The largest absolute Gasteiger partial charge is 0.506 e. The van der Waals surface area contributed by atoms with Crippen molar-refractivity contribution in [1.82, 2.24) is 15.2 Å². The van der Waals surface area contributed by atoms with Gasteiger partial charge in [0.1, 0.15) is 35.6 Å². The summed E-state index contributed by atoms with van der Waals surface area (Å²) >= 11 is 0. The Bertz CT molecular complexity index is 2500. The van der Waals surface area contributed by atoms with E-state index in [0.717, 1.165) is 58.8 Å². The highest BCUT2D eigenvalue weighted by Gasteiger charge is 2.48. The third kappa shape index (κ3) is 7.25. The Kier molecular flexibility index (Phi) is 10.7. The normalized spacial score (nSPS) is 23.2. The number of aromatic nitrogens is 1. The Morgan fingerprint density at radius 3 is 2.69 bits per heavy atom. The second kappa shape index (κ2) is 16.2. The molecule has 4 heterocycles. The molecule has 1 aromatic heterocycles. The second-order valence-electron chi connectivity index (χ2n) is 15.8. The van der Waals surface area contributed by atoms with Gasteiger partial charge in [-0.3, -0.25) is 9.59 Å². The number of fused-ring (bicyclic) bond motifs is 5. The number of benzene rings is 4. The summed E-state index contributed by atoms with van der Waals surface area (Å²) < 4.78 is 30.5. The van der Waals surface area contributed by atoms with Crippen LogP contribution < -0.4 is 14.8 Å². The predicted molar refractivity (Wildman–Crippen MR) is 217 cm³/mol. The first kappa shape index (κ1) is 38.9. The van der Waals surface area contributed by atoms with Crippen LogP contribution in [0, 0.1) is 12.0 Å². The first-order valence-electron chi connectivity index (χ1n) is 20.2. The summed E-state index contributed by atoms with van der Waals surface area (Å²) in [5, 5.41) is 40.6. The summed E-state index contributed by atoms with van der Waals surface area (Å²) in [5.41, 5.74) is 5.89. The molecule has 3 aliphatic heterocycles. The number of methoxy groups -OCH3 is 1. The second-order valence-corrected chi connectivity index (χ2v) is 15.8. The number of aliphatic hydroxyl groups excluding tert-OH is 2. The molecule has 13 nitrogen and oxygen atoms in total. The molecule has 2 fully saturated rings. The zero-order valence-corrected chi connectivity index (χ0v) is 33.0. The summed E-state index contributed by atoms with van der Waals surface area (Å²) in [6.45, 7) is 0.772. The Morgan fingerprint density at radius 1 is 1.03 bits per heavy atom. The quantitative estimate of drug-likeness (QED) is 0.131. The van der Waals surface area contributed by atoms with Gasteiger partial charge >= 0.3 is 0 Å². The molecule has 5 N–H and O–H groups in total. The highest BCUT2D eigenvalue weighted by molar-refractivity contribution is 6.11. The highest BCUT2D eigenvalue weighted by Crippen LogP contribution is 2.47. The fourth-order valence-electron chi connectivity index (χ4n) is 9.13. The fraction of sp³-hybridized carbons (Fsp3) is 0.391. The number of ketones is 1. The van der Waals surface area contributed by atoms with E-state index in [0.29, 0.717) is 28.8 Å². The lowest BCUT2D eigenvalue weighted by Crippen LogP contribution is -2.60. The van der Waals surface area contributed by atoms with E-state index in [1.165, 1.54) is 12.0 Å². The lowest BCUT2D eigenvalue weighted by molar-refractivity contribution is -0.279. The van der Waals surface area contributed by atoms with E-state index in [4.69, 9.17) is 23.7 Å². The molecule has 0 spiro atoms. The minimum atomic E-state index is -1.57. The van der Waals surface area contributed by atoms with Gasteiger partial charge in [0.15, 0.2) is 18.0 Å². The predicted octanol–water partition coefficient (Wildman–Crippen LogP) is 5.20. The van der Waals surface area contributed by atoms with Gasteiger partial charge in [-0.25, -0.2) is 0 Å². The Labute approximate surface area is 341 Å². The average Bonchev–Trinajstić information content (AvgIpc) is 3.99. The van der Waals surface area contributed by atoms with E-state index < -0.39 is 36.5 Å². The number of nitrogens with one attached hydrogen (secondary N) is 2. The lowest BCUT2D eigenvalue weighted by Gasteiger charge is -2.41. The topological polar surface area (TPSA) is 172 Å². The van der Waals surface area contributed by atoms with Crippen LogP contribution in [-0.2, 0) is 40.3 Å². The van der Waals surface area contributed by atoms with Gasteiger partial charge in [-0.05, 0) is 83.8 Å². The van der Waals surface area contributed by atoms with Crippen LogP contribution >= 0.6 is 0 Å². The van der Waals surface area contributed by atoms with Crippen LogP contribution in [0.1, 0.15) is 80.1 Å².